The summed E-state index contributed by atoms with van der Waals surface area (Å²) < 4.78 is 11.2. The van der Waals surface area contributed by atoms with Crippen LogP contribution < -0.4 is 0 Å². The molecule has 0 aliphatic carbocycles. The summed E-state index contributed by atoms with van der Waals surface area (Å²) >= 11 is 0.933. The molecule has 0 fully saturated rings. The van der Waals surface area contributed by atoms with Crippen molar-refractivity contribution in [3.63, 3.8) is 0 Å². The van der Waals surface area contributed by atoms with E-state index < -0.39 is 0 Å². The maximum absolute atomic E-state index is 9.64. The monoisotopic (exact) mass is 131 g/mol. The van der Waals surface area contributed by atoms with Gasteiger partial charge in [-0.1, -0.05) is 18.0 Å². The van der Waals surface area contributed by atoms with Crippen LogP contribution >= 0.6 is 11.9 Å². The number of carbonyl (C=O) groups is 1. The molecule has 0 amide bonds. The Morgan fingerprint density at radius 3 is 3.50 bits per heavy atom. The third-order valence-corrected chi connectivity index (χ3v) is 0.719. The molecule has 2 nitrogen and oxygen atoms in total. The van der Waals surface area contributed by atoms with Crippen LogP contribution in [-0.4, -0.2) is 21.3 Å². The zero-order valence-electron chi connectivity index (χ0n) is 5.24. The Morgan fingerprint density at radius 2 is 2.88 bits per heavy atom. The summed E-state index contributed by atoms with van der Waals surface area (Å²) in [5.74, 6) is 0. The van der Waals surface area contributed by atoms with Gasteiger partial charge in [-0.2, -0.15) is 0 Å². The molecule has 8 heavy (non-hydrogen) atoms. The molecule has 0 aliphatic heterocycles. The summed E-state index contributed by atoms with van der Waals surface area (Å²) in [4.78, 5) is 9.64. The van der Waals surface area contributed by atoms with Gasteiger partial charge >= 0.3 is 0 Å². The molecule has 0 aromatic rings. The number of rotatable bonds is 5. The van der Waals surface area contributed by atoms with Gasteiger partial charge in [0.1, 0.15) is 6.29 Å². The van der Waals surface area contributed by atoms with Crippen molar-refractivity contribution in [2.45, 2.75) is 0 Å². The van der Waals surface area contributed by atoms with E-state index in [0.29, 0.717) is 12.9 Å². The smallest absolute Gasteiger partial charge is 0.209 e. The minimum atomic E-state index is 0.360. The molecule has 0 aromatic heterocycles. The second-order valence-electron chi connectivity index (χ2n) is 0.945. The Balaban J connectivity index is 2.90. The standard InChI is InChI=1S/C4H6BO2S/c5-8-7-4-2-1-3-6/h1-3,5H,4H2/b2-1+/i5T. The first-order valence-corrected chi connectivity index (χ1v) is 2.81. The lowest BCUT2D eigenvalue weighted by molar-refractivity contribution is -0.104. The van der Waals surface area contributed by atoms with E-state index in [2.05, 4.69) is 0 Å². The predicted molar refractivity (Wildman–Crippen MR) is 35.9 cm³/mol. The quantitative estimate of drug-likeness (QED) is 0.175. The van der Waals surface area contributed by atoms with Crippen molar-refractivity contribution in [1.29, 1.82) is 1.34 Å². The largest absolute Gasteiger partial charge is 0.324 e. The summed E-state index contributed by atoms with van der Waals surface area (Å²) in [6.45, 7) is 0.360. The van der Waals surface area contributed by atoms with Crippen molar-refractivity contribution in [1.82, 2.24) is 0 Å². The summed E-state index contributed by atoms with van der Waals surface area (Å²) in [6.07, 6.45) is 3.60. The van der Waals surface area contributed by atoms with Gasteiger partial charge in [-0.15, -0.1) is 0 Å². The van der Waals surface area contributed by atoms with Gasteiger partial charge in [-0.25, -0.2) is 0 Å². The van der Waals surface area contributed by atoms with Gasteiger partial charge in [0.2, 0.25) is 7.09 Å². The minimum absolute atomic E-state index is 0.360. The molecule has 0 aliphatic rings. The topological polar surface area (TPSA) is 26.3 Å². The highest BCUT2D eigenvalue weighted by atomic mass is 32.2. The number of hydrogen-bond acceptors (Lipinski definition) is 3. The maximum atomic E-state index is 9.64. The summed E-state index contributed by atoms with van der Waals surface area (Å²) in [6, 6.07) is 0. The van der Waals surface area contributed by atoms with Gasteiger partial charge < -0.3 is 4.18 Å². The average Bonchev–Trinajstić information content (AvgIpc) is 1.89. The Labute approximate surface area is 55.2 Å². The fraction of sp³-hybridized carbons (Fsp3) is 0.250. The third-order valence-electron chi connectivity index (χ3n) is 0.447. The molecular weight excluding hydrogens is 123 g/mol. The SMILES string of the molecule is [3H][B]SOC/C=C/C=O. The zero-order valence-corrected chi connectivity index (χ0v) is 5.06. The lowest BCUT2D eigenvalue weighted by Crippen LogP contribution is -1.77. The van der Waals surface area contributed by atoms with Crippen molar-refractivity contribution in [3.05, 3.63) is 12.2 Å². The van der Waals surface area contributed by atoms with Gasteiger partial charge in [-0.3, -0.25) is 4.79 Å². The van der Waals surface area contributed by atoms with Gasteiger partial charge in [0, 0.05) is 0 Å². The third kappa shape index (κ3) is 5.78. The van der Waals surface area contributed by atoms with E-state index in [-0.39, 0.29) is 0 Å². The zero-order chi connectivity index (χ0) is 6.95. The number of aldehydes is 1. The number of hydrogen-bond donors (Lipinski definition) is 0. The maximum Gasteiger partial charge on any atom is 0.209 e. The molecule has 0 rings (SSSR count). The summed E-state index contributed by atoms with van der Waals surface area (Å²) in [5, 5.41) is 0. The normalized spacial score (nSPS) is 11.2. The van der Waals surface area contributed by atoms with Crippen molar-refractivity contribution in [2.24, 2.45) is 0 Å². The average molecular weight is 131 g/mol. The predicted octanol–water partition coefficient (Wildman–Crippen LogP) is 0.222. The van der Waals surface area contributed by atoms with Crippen LogP contribution in [0.3, 0.4) is 0 Å². The van der Waals surface area contributed by atoms with Crippen LogP contribution in [-0.2, 0) is 8.98 Å². The molecule has 0 spiro atoms. The molecule has 0 N–H and O–H groups in total. The summed E-state index contributed by atoms with van der Waals surface area (Å²) in [7, 11) is 1.08. The minimum Gasteiger partial charge on any atom is -0.324 e. The molecule has 1 radical (unpaired) electrons. The number of allylic oxidation sites excluding steroid dienone is 1. The highest BCUT2D eigenvalue weighted by Gasteiger charge is 1.73. The first kappa shape index (κ1) is 5.91. The van der Waals surface area contributed by atoms with E-state index in [9.17, 15) is 4.79 Å². The van der Waals surface area contributed by atoms with E-state index in [4.69, 9.17) is 5.52 Å². The Hall–Kier alpha value is -0.215. The fourth-order valence-electron chi connectivity index (χ4n) is 0.190. The van der Waals surface area contributed by atoms with Crippen molar-refractivity contribution >= 4 is 25.3 Å². The Morgan fingerprint density at radius 1 is 2.00 bits per heavy atom. The van der Waals surface area contributed by atoms with Crippen molar-refractivity contribution in [2.75, 3.05) is 6.61 Å². The molecule has 0 aromatic carbocycles. The highest BCUT2D eigenvalue weighted by Crippen LogP contribution is 1.90. The Kier molecular flexibility index (Phi) is 5.02. The first-order chi connectivity index (χ1) is 4.41. The highest BCUT2D eigenvalue weighted by molar-refractivity contribution is 8.15. The molecule has 0 heterocycles. The lowest BCUT2D eigenvalue weighted by Gasteiger charge is -1.88. The molecule has 43 valence electrons. The number of carbonyl (C=O) groups excluding carboxylic acids is 1. The van der Waals surface area contributed by atoms with Crippen molar-refractivity contribution in [3.8, 4) is 0 Å². The van der Waals surface area contributed by atoms with E-state index in [0.717, 1.165) is 19.0 Å². The molecular formula is C4H6BO2S. The molecule has 0 bridgehead atoms. The van der Waals surface area contributed by atoms with Crippen molar-refractivity contribution < 1.29 is 8.98 Å². The second-order valence-corrected chi connectivity index (χ2v) is 1.37. The lowest BCUT2D eigenvalue weighted by atomic mass is 10.5. The van der Waals surface area contributed by atoms with E-state index >= 15 is 0 Å². The first-order valence-electron chi connectivity index (χ1n) is 2.58. The van der Waals surface area contributed by atoms with Crippen LogP contribution in [0.5, 0.6) is 0 Å². The van der Waals surface area contributed by atoms with E-state index in [1.54, 1.807) is 6.08 Å². The molecule has 4 heteroatoms. The van der Waals surface area contributed by atoms with Crippen LogP contribution in [0.1, 0.15) is 0 Å². The molecule has 0 saturated carbocycles. The van der Waals surface area contributed by atoms with Gasteiger partial charge in [0.05, 0.1) is 6.61 Å². The van der Waals surface area contributed by atoms with Gasteiger partial charge in [-0.05, 0) is 7.41 Å². The van der Waals surface area contributed by atoms with Gasteiger partial charge in [0.15, 0.2) is 0 Å². The van der Waals surface area contributed by atoms with Crippen LogP contribution in [0, 0.1) is 0 Å². The van der Waals surface area contributed by atoms with E-state index in [1.807, 2.05) is 0 Å². The Bertz CT molecular complexity index is 98.6. The second kappa shape index (κ2) is 6.78. The molecule has 0 saturated heterocycles. The fourth-order valence-corrected chi connectivity index (χ4v) is 0.347. The van der Waals surface area contributed by atoms with E-state index in [1.165, 1.54) is 6.08 Å². The van der Waals surface area contributed by atoms with Gasteiger partial charge in [0.25, 0.3) is 0 Å². The van der Waals surface area contributed by atoms with Crippen LogP contribution in [0.2, 0.25) is 0 Å². The molecule has 0 unspecified atom stereocenters. The van der Waals surface area contributed by atoms with Crippen LogP contribution in [0.25, 0.3) is 0 Å². The summed E-state index contributed by atoms with van der Waals surface area (Å²) in [5.41, 5.74) is 0. The van der Waals surface area contributed by atoms with Crippen LogP contribution in [0.15, 0.2) is 12.2 Å². The molecule has 0 atom stereocenters. The van der Waals surface area contributed by atoms with Crippen LogP contribution in [0.4, 0.5) is 0 Å².